The molecule has 10 rings (SSSR count). The molecule has 3 N–H and O–H groups in total. The molecule has 4 saturated heterocycles. The highest BCUT2D eigenvalue weighted by Crippen LogP contribution is 2.33. The highest BCUT2D eigenvalue weighted by Gasteiger charge is 2.33. The average molecular weight is 978 g/mol. The predicted octanol–water partition coefficient (Wildman–Crippen LogP) is 6.75. The zero-order valence-corrected chi connectivity index (χ0v) is 41.4. The maximum Gasteiger partial charge on any atom is 0.413 e. The molecule has 3 aromatic heterocycles. The third-order valence-corrected chi connectivity index (χ3v) is 14.5. The normalized spacial score (nSPS) is 20.1. The van der Waals surface area contributed by atoms with E-state index in [1.165, 1.54) is 11.6 Å². The van der Waals surface area contributed by atoms with Crippen LogP contribution in [0.5, 0.6) is 0 Å². The number of nitrogens with one attached hydrogen (secondary N) is 3. The monoisotopic (exact) mass is 977 g/mol. The number of imide groups is 1. The fourth-order valence-electron chi connectivity index (χ4n) is 10.6. The zero-order chi connectivity index (χ0) is 50.1. The molecule has 4 fully saturated rings. The van der Waals surface area contributed by atoms with Gasteiger partial charge in [-0.15, -0.1) is 0 Å². The van der Waals surface area contributed by atoms with Gasteiger partial charge in [0.15, 0.2) is 6.21 Å². The number of hydrogen-bond acceptors (Lipinski definition) is 12. The van der Waals surface area contributed by atoms with Crippen molar-refractivity contribution in [3.63, 3.8) is 0 Å². The van der Waals surface area contributed by atoms with Crippen LogP contribution in [0.4, 0.5) is 20.7 Å². The van der Waals surface area contributed by atoms with E-state index in [2.05, 4.69) is 64.3 Å². The van der Waals surface area contributed by atoms with E-state index in [4.69, 9.17) is 19.7 Å². The lowest BCUT2D eigenvalue weighted by atomic mass is 9.89. The van der Waals surface area contributed by atoms with Gasteiger partial charge in [0.05, 0.1) is 13.1 Å². The molecule has 18 heteroatoms. The Morgan fingerprint density at radius 1 is 0.903 bits per heavy atom. The van der Waals surface area contributed by atoms with E-state index in [1.807, 2.05) is 75.3 Å². The van der Waals surface area contributed by atoms with E-state index < -0.39 is 17.7 Å². The third-order valence-electron chi connectivity index (χ3n) is 14.5. The van der Waals surface area contributed by atoms with Gasteiger partial charge in [-0.1, -0.05) is 18.2 Å². The minimum Gasteiger partial charge on any atom is -0.444 e. The first-order chi connectivity index (χ1) is 34.7. The Balaban J connectivity index is 0.689. The fourth-order valence-corrected chi connectivity index (χ4v) is 10.6. The van der Waals surface area contributed by atoms with Gasteiger partial charge < -0.3 is 24.4 Å². The number of aryl methyl sites for hydroxylation is 1. The minimum atomic E-state index is -0.604. The number of anilines is 2. The van der Waals surface area contributed by atoms with Gasteiger partial charge in [-0.3, -0.25) is 29.9 Å². The standard InChI is InChI=1S/C54H61FN12O5/c1-54(2,3)72-53(71)61-46-13-9-38(29-57-46)41-15-20-56-50-43(41)28-40(63(50)4)30-64-21-16-35(17-22-64)34-5-7-37(8-6-34)52(70)66-25-26-67-47(58-33-59-48(67)32-66)31-65-23-18-36(19-24-65)42-11-10-39(27-44(42)55)60-45-12-14-49(68)62-51(45)69/h5-11,13,15,20,27-30,35-36,45,60H,12,14,16-19,21-26,31-33H2,1-4H3,(H,62,68,69)/p+1. The molecule has 17 nitrogen and oxygen atoms in total. The molecule has 5 aliphatic heterocycles. The average Bonchev–Trinajstić information content (AvgIpc) is 3.69. The van der Waals surface area contributed by atoms with Crippen LogP contribution in [0.3, 0.4) is 0 Å². The number of carbonyl (C=O) groups excluding carboxylic acids is 4. The Hall–Kier alpha value is -7.34. The van der Waals surface area contributed by atoms with Gasteiger partial charge in [-0.2, -0.15) is 0 Å². The quantitative estimate of drug-likeness (QED) is 0.100. The number of aromatic nitrogens is 3. The second-order valence-corrected chi connectivity index (χ2v) is 20.4. The third kappa shape index (κ3) is 10.8. The summed E-state index contributed by atoms with van der Waals surface area (Å²) in [5, 5.41) is 9.12. The van der Waals surface area contributed by atoms with Crippen molar-refractivity contribution in [2.24, 2.45) is 17.0 Å². The number of aliphatic imine (C=N–C) groups is 2. The number of carbonyl (C=O) groups is 4. The summed E-state index contributed by atoms with van der Waals surface area (Å²) in [6.45, 7) is 11.5. The molecule has 8 heterocycles. The summed E-state index contributed by atoms with van der Waals surface area (Å²) < 4.78 is 25.3. The van der Waals surface area contributed by atoms with Crippen LogP contribution in [0, 0.1) is 5.82 Å². The number of benzene rings is 2. The zero-order valence-electron chi connectivity index (χ0n) is 41.4. The molecule has 72 heavy (non-hydrogen) atoms. The number of nitrogens with zero attached hydrogens (tertiary/aromatic N) is 9. The van der Waals surface area contributed by atoms with Gasteiger partial charge in [-0.25, -0.2) is 33.7 Å². The predicted molar refractivity (Wildman–Crippen MR) is 274 cm³/mol. The van der Waals surface area contributed by atoms with Gasteiger partial charge in [-0.05, 0) is 130 Å². The Kier molecular flexibility index (Phi) is 13.7. The van der Waals surface area contributed by atoms with Crippen LogP contribution in [-0.4, -0.2) is 146 Å². The Labute approximate surface area is 418 Å². The Bertz CT molecular complexity index is 2980. The van der Waals surface area contributed by atoms with Crippen molar-refractivity contribution in [2.75, 3.05) is 69.7 Å². The van der Waals surface area contributed by atoms with Crippen molar-refractivity contribution >= 4 is 64.2 Å². The van der Waals surface area contributed by atoms with Crippen molar-refractivity contribution in [3.05, 3.63) is 107 Å². The second kappa shape index (κ2) is 20.4. The molecule has 4 amide bonds. The number of amidine groups is 2. The molecule has 1 atom stereocenters. The van der Waals surface area contributed by atoms with E-state index in [-0.39, 0.29) is 35.9 Å². The number of hydrogen-bond donors (Lipinski definition) is 3. The largest absolute Gasteiger partial charge is 0.444 e. The smallest absolute Gasteiger partial charge is 0.413 e. The fraction of sp³-hybridized carbons (Fsp3) is 0.426. The number of pyridine rings is 2. The van der Waals surface area contributed by atoms with E-state index in [0.29, 0.717) is 67.8 Å². The number of halogens is 1. The lowest BCUT2D eigenvalue weighted by Gasteiger charge is -2.41. The summed E-state index contributed by atoms with van der Waals surface area (Å²) in [4.78, 5) is 74.9. The molecule has 5 aromatic rings. The highest BCUT2D eigenvalue weighted by atomic mass is 19.1. The minimum absolute atomic E-state index is 0.00237. The molecule has 0 bridgehead atoms. The molecule has 1 unspecified atom stereocenters. The van der Waals surface area contributed by atoms with Crippen molar-refractivity contribution in [2.45, 2.75) is 82.8 Å². The summed E-state index contributed by atoms with van der Waals surface area (Å²) in [5.74, 6) is 1.77. The van der Waals surface area contributed by atoms with Crippen molar-refractivity contribution < 1.29 is 32.9 Å². The van der Waals surface area contributed by atoms with Crippen LogP contribution in [0.15, 0.2) is 89.1 Å². The van der Waals surface area contributed by atoms with E-state index in [9.17, 15) is 19.2 Å². The molecule has 5 aliphatic rings. The van der Waals surface area contributed by atoms with Crippen LogP contribution >= 0.6 is 0 Å². The van der Waals surface area contributed by atoms with Crippen molar-refractivity contribution in [3.8, 4) is 11.1 Å². The summed E-state index contributed by atoms with van der Waals surface area (Å²) in [5.41, 5.74) is 6.39. The molecule has 0 spiro atoms. The van der Waals surface area contributed by atoms with Gasteiger partial charge in [0, 0.05) is 74.0 Å². The molecule has 2 aromatic carbocycles. The summed E-state index contributed by atoms with van der Waals surface area (Å²) in [7, 11) is 2.04. The summed E-state index contributed by atoms with van der Waals surface area (Å²) >= 11 is 0. The maximum atomic E-state index is 15.4. The van der Waals surface area contributed by atoms with Crippen LogP contribution in [0.1, 0.15) is 98.3 Å². The van der Waals surface area contributed by atoms with Crippen LogP contribution < -0.4 is 16.0 Å². The van der Waals surface area contributed by atoms with Gasteiger partial charge in [0.2, 0.25) is 11.8 Å². The maximum absolute atomic E-state index is 15.4. The number of piperazine rings is 1. The van der Waals surface area contributed by atoms with Crippen molar-refractivity contribution in [1.82, 2.24) is 34.6 Å². The number of amides is 4. The number of rotatable bonds is 10. The molecular formula is C54H62FN12O5+. The van der Waals surface area contributed by atoms with Crippen molar-refractivity contribution in [1.29, 1.82) is 0 Å². The lowest BCUT2D eigenvalue weighted by molar-refractivity contribution is -0.534. The van der Waals surface area contributed by atoms with Crippen LogP contribution in [-0.2, 0) is 21.4 Å². The van der Waals surface area contributed by atoms with Crippen LogP contribution in [0.2, 0.25) is 0 Å². The molecule has 0 aliphatic carbocycles. The van der Waals surface area contributed by atoms with Gasteiger partial charge in [0.1, 0.15) is 66.0 Å². The number of likely N-dealkylation sites (tertiary alicyclic amines) is 1. The number of piperidine rings is 3. The molecular weight excluding hydrogens is 916 g/mol. The molecule has 0 radical (unpaired) electrons. The Morgan fingerprint density at radius 2 is 1.69 bits per heavy atom. The first-order valence-electron chi connectivity index (χ1n) is 25.1. The number of ether oxygens (including phenoxy) is 1. The number of fused-ring (bicyclic) bond motifs is 2. The second-order valence-electron chi connectivity index (χ2n) is 20.4. The summed E-state index contributed by atoms with van der Waals surface area (Å²) in [6, 6.07) is 20.6. The van der Waals surface area contributed by atoms with E-state index in [0.717, 1.165) is 91.4 Å². The molecule has 374 valence electrons. The SMILES string of the molecule is Cn1c(C=[N+]2CCC(c3ccc(C(=O)N4CCN5C(CN6CCC(c7ccc(NC8CCC(=O)NC8=O)cc7F)CC6)=NCN=C5C4)cc3)CC2)cc2c(-c3ccc(NC(=O)OC(C)(C)C)nc3)ccnc21. The van der Waals surface area contributed by atoms with E-state index >= 15 is 4.39 Å². The highest BCUT2D eigenvalue weighted by molar-refractivity contribution is 6.06. The summed E-state index contributed by atoms with van der Waals surface area (Å²) in [6.07, 6.45) is 9.49. The first-order valence-corrected chi connectivity index (χ1v) is 25.1. The first kappa shape index (κ1) is 48.3. The van der Waals surface area contributed by atoms with E-state index in [1.54, 1.807) is 12.3 Å². The van der Waals surface area contributed by atoms with Crippen LogP contribution in [0.25, 0.3) is 22.2 Å². The lowest BCUT2D eigenvalue weighted by Crippen LogP contribution is -2.57. The van der Waals surface area contributed by atoms with Gasteiger partial charge >= 0.3 is 6.09 Å². The van der Waals surface area contributed by atoms with Gasteiger partial charge in [0.25, 0.3) is 5.91 Å². The Morgan fingerprint density at radius 3 is 2.42 bits per heavy atom. The topological polar surface area (TPSA) is 182 Å². The molecule has 0 saturated carbocycles.